The van der Waals surface area contributed by atoms with Gasteiger partial charge in [0.25, 0.3) is 11.8 Å². The van der Waals surface area contributed by atoms with E-state index in [2.05, 4.69) is 20.4 Å². The van der Waals surface area contributed by atoms with Crippen molar-refractivity contribution in [2.45, 2.75) is 6.92 Å². The molecule has 2 amide bonds. The largest absolute Gasteiger partial charge is 0.493 e. The van der Waals surface area contributed by atoms with Crippen molar-refractivity contribution in [3.63, 3.8) is 0 Å². The molecule has 0 saturated carbocycles. The number of H-pyrrole nitrogens is 1. The summed E-state index contributed by atoms with van der Waals surface area (Å²) in [6.07, 6.45) is 0. The van der Waals surface area contributed by atoms with Gasteiger partial charge in [-0.3, -0.25) is 9.59 Å². The smallest absolute Gasteiger partial charge is 0.272 e. The molecule has 34 heavy (non-hydrogen) atoms. The maximum atomic E-state index is 13.3. The highest BCUT2D eigenvalue weighted by Crippen LogP contribution is 2.33. The van der Waals surface area contributed by atoms with Gasteiger partial charge in [-0.05, 0) is 37.3 Å². The number of carbonyl (C=O) groups excluding carboxylic acids is 2. The second-order valence-electron chi connectivity index (χ2n) is 8.92. The molecule has 0 unspecified atom stereocenters. The van der Waals surface area contributed by atoms with Crippen molar-refractivity contribution < 1.29 is 14.3 Å². The van der Waals surface area contributed by atoms with Crippen LogP contribution < -0.4 is 4.74 Å². The molecule has 2 aliphatic heterocycles. The summed E-state index contributed by atoms with van der Waals surface area (Å²) in [6, 6.07) is 14.8. The topological polar surface area (TPSA) is 104 Å². The molecule has 2 aromatic carbocycles. The van der Waals surface area contributed by atoms with Gasteiger partial charge in [0, 0.05) is 55.0 Å². The van der Waals surface area contributed by atoms with E-state index in [1.54, 1.807) is 24.3 Å². The number of hydrogen-bond donors (Lipinski definition) is 1. The van der Waals surface area contributed by atoms with Crippen LogP contribution >= 0.6 is 0 Å². The molecule has 4 heterocycles. The lowest BCUT2D eigenvalue weighted by Gasteiger charge is -2.22. The second-order valence-corrected chi connectivity index (χ2v) is 8.92. The van der Waals surface area contributed by atoms with Crippen LogP contribution in [0.3, 0.4) is 0 Å². The zero-order chi connectivity index (χ0) is 23.2. The van der Waals surface area contributed by atoms with Gasteiger partial charge in [0.2, 0.25) is 0 Å². The van der Waals surface area contributed by atoms with Gasteiger partial charge < -0.3 is 14.5 Å². The molecule has 2 atom stereocenters. The predicted octanol–water partition coefficient (Wildman–Crippen LogP) is 2.75. The summed E-state index contributed by atoms with van der Waals surface area (Å²) in [5.74, 6) is 1.10. The summed E-state index contributed by atoms with van der Waals surface area (Å²) in [4.78, 5) is 34.8. The number of para-hydroxylation sites is 1. The van der Waals surface area contributed by atoms with Crippen LogP contribution in [0.2, 0.25) is 0 Å². The van der Waals surface area contributed by atoms with Crippen molar-refractivity contribution in [3.8, 4) is 5.75 Å². The van der Waals surface area contributed by atoms with Crippen molar-refractivity contribution in [2.24, 2.45) is 11.8 Å². The number of nitrogens with one attached hydrogen (secondary N) is 1. The lowest BCUT2D eigenvalue weighted by Crippen LogP contribution is -2.36. The van der Waals surface area contributed by atoms with Crippen LogP contribution in [0.4, 0.5) is 0 Å². The molecule has 172 valence electrons. The minimum absolute atomic E-state index is 0.00488. The van der Waals surface area contributed by atoms with E-state index in [1.165, 1.54) is 0 Å². The van der Waals surface area contributed by atoms with E-state index in [4.69, 9.17) is 4.74 Å². The number of nitrogens with zero attached hydrogens (tertiary/aromatic N) is 5. The lowest BCUT2D eigenvalue weighted by molar-refractivity contribution is 0.0735. The van der Waals surface area contributed by atoms with E-state index < -0.39 is 0 Å². The average molecular weight is 457 g/mol. The van der Waals surface area contributed by atoms with Gasteiger partial charge in [-0.2, -0.15) is 15.4 Å². The Kier molecular flexibility index (Phi) is 4.90. The number of likely N-dealkylation sites (tertiary alicyclic amines) is 2. The summed E-state index contributed by atoms with van der Waals surface area (Å²) in [7, 11) is 0. The van der Waals surface area contributed by atoms with Gasteiger partial charge in [0.15, 0.2) is 0 Å². The fourth-order valence-corrected chi connectivity index (χ4v) is 5.17. The Morgan fingerprint density at radius 3 is 2.38 bits per heavy atom. The van der Waals surface area contributed by atoms with E-state index in [0.717, 1.165) is 16.4 Å². The number of ether oxygens (including phenoxy) is 1. The monoisotopic (exact) mass is 456 g/mol. The first-order chi connectivity index (χ1) is 16.6. The lowest BCUT2D eigenvalue weighted by atomic mass is 10.0. The number of carbonyl (C=O) groups is 2. The summed E-state index contributed by atoms with van der Waals surface area (Å²) >= 11 is 0. The standard InChI is InChI=1S/C25H24N6O3/c1-2-34-23-10-22(26-19-6-4-3-5-18(19)23)25(33)31-13-16-11-30(12-17(16)14-31)24(32)15-7-8-20-21(9-15)28-29-27-20/h3-10,16-17H,2,11-14H2,1H3,(H,27,28,29)/t16-,17-/m1/s1. The van der Waals surface area contributed by atoms with Crippen molar-refractivity contribution >= 4 is 33.8 Å². The Bertz CT molecular complexity index is 1400. The van der Waals surface area contributed by atoms with Crippen molar-refractivity contribution in [1.82, 2.24) is 30.2 Å². The molecule has 0 aliphatic carbocycles. The summed E-state index contributed by atoms with van der Waals surface area (Å²) < 4.78 is 5.79. The number of fused-ring (bicyclic) bond motifs is 3. The van der Waals surface area contributed by atoms with E-state index in [0.29, 0.717) is 55.3 Å². The summed E-state index contributed by atoms with van der Waals surface area (Å²) in [6.45, 7) is 4.96. The molecule has 9 nitrogen and oxygen atoms in total. The molecule has 2 saturated heterocycles. The van der Waals surface area contributed by atoms with Crippen molar-refractivity contribution in [3.05, 3.63) is 59.8 Å². The van der Waals surface area contributed by atoms with Crippen LogP contribution in [0.1, 0.15) is 27.8 Å². The van der Waals surface area contributed by atoms with Crippen LogP contribution in [-0.4, -0.2) is 74.8 Å². The Balaban J connectivity index is 1.17. The van der Waals surface area contributed by atoms with Gasteiger partial charge >= 0.3 is 0 Å². The Hall–Kier alpha value is -4.01. The molecule has 2 aliphatic rings. The third-order valence-corrected chi connectivity index (χ3v) is 6.82. The van der Waals surface area contributed by atoms with Crippen molar-refractivity contribution in [2.75, 3.05) is 32.8 Å². The molecule has 6 rings (SSSR count). The van der Waals surface area contributed by atoms with Crippen molar-refractivity contribution in [1.29, 1.82) is 0 Å². The number of aromatic amines is 1. The highest BCUT2D eigenvalue weighted by atomic mass is 16.5. The number of aromatic nitrogens is 4. The molecule has 1 N–H and O–H groups in total. The Morgan fingerprint density at radius 2 is 1.62 bits per heavy atom. The summed E-state index contributed by atoms with van der Waals surface area (Å²) in [5, 5.41) is 11.6. The minimum atomic E-state index is -0.0875. The first-order valence-electron chi connectivity index (χ1n) is 11.5. The number of hydrogen-bond acceptors (Lipinski definition) is 6. The summed E-state index contributed by atoms with van der Waals surface area (Å²) in [5.41, 5.74) is 3.17. The van der Waals surface area contributed by atoms with Crippen LogP contribution in [0, 0.1) is 11.8 Å². The van der Waals surface area contributed by atoms with E-state index in [1.807, 2.05) is 41.0 Å². The van der Waals surface area contributed by atoms with Gasteiger partial charge in [0.1, 0.15) is 22.5 Å². The minimum Gasteiger partial charge on any atom is -0.493 e. The Labute approximate surface area is 195 Å². The zero-order valence-corrected chi connectivity index (χ0v) is 18.8. The van der Waals surface area contributed by atoms with Crippen LogP contribution in [-0.2, 0) is 0 Å². The van der Waals surface area contributed by atoms with Gasteiger partial charge in [-0.25, -0.2) is 4.98 Å². The molecule has 2 aromatic heterocycles. The zero-order valence-electron chi connectivity index (χ0n) is 18.8. The highest BCUT2D eigenvalue weighted by molar-refractivity contribution is 5.98. The molecular weight excluding hydrogens is 432 g/mol. The first-order valence-corrected chi connectivity index (χ1v) is 11.5. The van der Waals surface area contributed by atoms with Gasteiger partial charge in [-0.15, -0.1) is 0 Å². The highest BCUT2D eigenvalue weighted by Gasteiger charge is 2.43. The molecule has 0 spiro atoms. The second kappa shape index (κ2) is 8.09. The first kappa shape index (κ1) is 20.6. The van der Waals surface area contributed by atoms with Crippen LogP contribution in [0.15, 0.2) is 48.5 Å². The van der Waals surface area contributed by atoms with E-state index in [-0.39, 0.29) is 23.7 Å². The van der Waals surface area contributed by atoms with E-state index in [9.17, 15) is 9.59 Å². The SMILES string of the molecule is CCOc1cc(C(=O)N2C[C@H]3CN(C(=O)c4ccc5n[nH]nc5c4)C[C@@H]3C2)nc2ccccc12. The third-order valence-electron chi connectivity index (χ3n) is 6.82. The fourth-order valence-electron chi connectivity index (χ4n) is 5.17. The quantitative estimate of drug-likeness (QED) is 0.506. The molecule has 0 bridgehead atoms. The maximum absolute atomic E-state index is 13.3. The van der Waals surface area contributed by atoms with Gasteiger partial charge in [-0.1, -0.05) is 12.1 Å². The van der Waals surface area contributed by atoms with Crippen LogP contribution in [0.5, 0.6) is 5.75 Å². The van der Waals surface area contributed by atoms with E-state index >= 15 is 0 Å². The number of benzene rings is 2. The van der Waals surface area contributed by atoms with Crippen LogP contribution in [0.25, 0.3) is 21.9 Å². The maximum Gasteiger partial charge on any atom is 0.272 e. The molecule has 2 fully saturated rings. The normalized spacial score (nSPS) is 19.7. The number of amides is 2. The fraction of sp³-hybridized carbons (Fsp3) is 0.320. The number of rotatable bonds is 4. The molecule has 9 heteroatoms. The third kappa shape index (κ3) is 3.44. The van der Waals surface area contributed by atoms with Gasteiger partial charge in [0.05, 0.1) is 12.1 Å². The predicted molar refractivity (Wildman–Crippen MR) is 126 cm³/mol. The molecule has 4 aromatic rings. The Morgan fingerprint density at radius 1 is 0.912 bits per heavy atom. The molecular formula is C25H24N6O3. The molecule has 0 radical (unpaired) electrons. The average Bonchev–Trinajstić information content (AvgIpc) is 3.57. The number of pyridine rings is 1.